The molecule has 5 rings (SSSR count). The highest BCUT2D eigenvalue weighted by atomic mass is 32.2. The van der Waals surface area contributed by atoms with Crippen molar-refractivity contribution < 1.29 is 18.3 Å². The molecule has 0 radical (unpaired) electrons. The van der Waals surface area contributed by atoms with E-state index in [0.717, 1.165) is 67.5 Å². The normalized spacial score (nSPS) is 20.5. The number of hydrogen-bond acceptors (Lipinski definition) is 7. The summed E-state index contributed by atoms with van der Waals surface area (Å²) in [5.74, 6) is 0.646. The molecule has 2 unspecified atom stereocenters. The first-order chi connectivity index (χ1) is 17.6. The van der Waals surface area contributed by atoms with Crippen LogP contribution in [-0.2, 0) is 10.0 Å². The average Bonchev–Trinajstić information content (AvgIpc) is 3.49. The van der Waals surface area contributed by atoms with Crippen LogP contribution in [-0.4, -0.2) is 70.9 Å². The van der Waals surface area contributed by atoms with E-state index in [0.29, 0.717) is 17.8 Å². The standard InChI is InChI=1S/C26H34N6O4S/c1-17-9-10-21(29-37(3,35)36)20(13-17)26(34)31-11-5-4-8-23(31)22-14-24-27-25(18(2)15-32(24)28-22)30-12-6-7-19(30)16-33/h9-10,13-15,19,23,29,33H,4-8,11-12,16H2,1-3H3. The number of aliphatic hydroxyl groups is 1. The van der Waals surface area contributed by atoms with E-state index in [-0.39, 0.29) is 30.3 Å². The van der Waals surface area contributed by atoms with Crippen LogP contribution >= 0.6 is 0 Å². The van der Waals surface area contributed by atoms with Crippen molar-refractivity contribution in [3.05, 3.63) is 52.8 Å². The van der Waals surface area contributed by atoms with Gasteiger partial charge in [-0.15, -0.1) is 0 Å². The molecule has 0 aliphatic carbocycles. The second-order valence-electron chi connectivity index (χ2n) is 10.2. The van der Waals surface area contributed by atoms with Gasteiger partial charge in [-0.05, 0) is 58.1 Å². The van der Waals surface area contributed by atoms with Gasteiger partial charge in [0.1, 0.15) is 5.82 Å². The first-order valence-electron chi connectivity index (χ1n) is 12.8. The van der Waals surface area contributed by atoms with Crippen LogP contribution in [0.25, 0.3) is 5.65 Å². The number of nitrogens with one attached hydrogen (secondary N) is 1. The van der Waals surface area contributed by atoms with Crippen molar-refractivity contribution in [1.29, 1.82) is 0 Å². The molecule has 2 aliphatic rings. The fourth-order valence-corrected chi connectivity index (χ4v) is 6.12. The lowest BCUT2D eigenvalue weighted by Gasteiger charge is -2.35. The Hall–Kier alpha value is -3.18. The predicted molar refractivity (Wildman–Crippen MR) is 142 cm³/mol. The van der Waals surface area contributed by atoms with E-state index in [4.69, 9.17) is 10.1 Å². The van der Waals surface area contributed by atoms with Gasteiger partial charge in [0.2, 0.25) is 10.0 Å². The molecule has 4 heterocycles. The number of carbonyl (C=O) groups is 1. The number of likely N-dealkylation sites (tertiary alicyclic amines) is 1. The third-order valence-electron chi connectivity index (χ3n) is 7.29. The Labute approximate surface area is 217 Å². The highest BCUT2D eigenvalue weighted by molar-refractivity contribution is 7.92. The highest BCUT2D eigenvalue weighted by Crippen LogP contribution is 2.34. The molecular formula is C26H34N6O4S. The zero-order valence-electron chi connectivity index (χ0n) is 21.5. The number of fused-ring (bicyclic) bond motifs is 1. The van der Waals surface area contributed by atoms with Crippen molar-refractivity contribution in [3.63, 3.8) is 0 Å². The van der Waals surface area contributed by atoms with E-state index in [1.165, 1.54) is 0 Å². The molecule has 0 saturated carbocycles. The fraction of sp³-hybridized carbons (Fsp3) is 0.500. The average molecular weight is 527 g/mol. The third kappa shape index (κ3) is 5.15. The molecule has 0 bridgehead atoms. The number of piperidine rings is 1. The Balaban J connectivity index is 1.49. The molecule has 2 N–H and O–H groups in total. The molecule has 1 aromatic carbocycles. The van der Waals surface area contributed by atoms with Crippen molar-refractivity contribution >= 4 is 33.1 Å². The Morgan fingerprint density at radius 1 is 1.14 bits per heavy atom. The van der Waals surface area contributed by atoms with Crippen molar-refractivity contribution in [2.45, 2.75) is 58.0 Å². The van der Waals surface area contributed by atoms with E-state index >= 15 is 0 Å². The quantitative estimate of drug-likeness (QED) is 0.507. The van der Waals surface area contributed by atoms with Crippen molar-refractivity contribution in [1.82, 2.24) is 19.5 Å². The van der Waals surface area contributed by atoms with Crippen LogP contribution in [0.3, 0.4) is 0 Å². The molecule has 3 aromatic rings. The number of rotatable bonds is 6. The smallest absolute Gasteiger partial charge is 0.256 e. The van der Waals surface area contributed by atoms with Crippen LogP contribution < -0.4 is 9.62 Å². The van der Waals surface area contributed by atoms with Crippen molar-refractivity contribution in [3.8, 4) is 0 Å². The van der Waals surface area contributed by atoms with Crippen LogP contribution in [0.15, 0.2) is 30.5 Å². The van der Waals surface area contributed by atoms with E-state index in [1.807, 2.05) is 31.0 Å². The number of benzene rings is 1. The van der Waals surface area contributed by atoms with Gasteiger partial charge in [0.25, 0.3) is 5.91 Å². The van der Waals surface area contributed by atoms with Crippen LogP contribution in [0, 0.1) is 13.8 Å². The molecular weight excluding hydrogens is 492 g/mol. The zero-order valence-corrected chi connectivity index (χ0v) is 22.3. The summed E-state index contributed by atoms with van der Waals surface area (Å²) >= 11 is 0. The number of hydrogen-bond donors (Lipinski definition) is 2. The van der Waals surface area contributed by atoms with E-state index in [1.54, 1.807) is 22.7 Å². The minimum atomic E-state index is -3.55. The minimum Gasteiger partial charge on any atom is -0.394 e. The van der Waals surface area contributed by atoms with E-state index in [9.17, 15) is 18.3 Å². The minimum absolute atomic E-state index is 0.0755. The summed E-state index contributed by atoms with van der Waals surface area (Å²) in [7, 11) is -3.55. The van der Waals surface area contributed by atoms with Crippen LogP contribution in [0.2, 0.25) is 0 Å². The van der Waals surface area contributed by atoms with Gasteiger partial charge in [-0.2, -0.15) is 5.10 Å². The van der Waals surface area contributed by atoms with Gasteiger partial charge in [-0.25, -0.2) is 17.9 Å². The summed E-state index contributed by atoms with van der Waals surface area (Å²) in [5, 5.41) is 14.6. The largest absolute Gasteiger partial charge is 0.394 e. The molecule has 0 spiro atoms. The van der Waals surface area contributed by atoms with Gasteiger partial charge in [-0.3, -0.25) is 9.52 Å². The second-order valence-corrected chi connectivity index (χ2v) is 12.0. The molecule has 2 aliphatic heterocycles. The molecule has 11 heteroatoms. The summed E-state index contributed by atoms with van der Waals surface area (Å²) < 4.78 is 28.1. The number of sulfonamides is 1. The number of aliphatic hydroxyl groups excluding tert-OH is 1. The topological polar surface area (TPSA) is 120 Å². The van der Waals surface area contributed by atoms with Crippen LogP contribution in [0.5, 0.6) is 0 Å². The fourth-order valence-electron chi connectivity index (χ4n) is 5.54. The summed E-state index contributed by atoms with van der Waals surface area (Å²) in [6, 6.07) is 6.93. The van der Waals surface area contributed by atoms with Crippen LogP contribution in [0.4, 0.5) is 11.5 Å². The first kappa shape index (κ1) is 25.5. The number of aryl methyl sites for hydroxylation is 2. The molecule has 198 valence electrons. The molecule has 2 saturated heterocycles. The maximum atomic E-state index is 13.8. The van der Waals surface area contributed by atoms with E-state index < -0.39 is 10.0 Å². The summed E-state index contributed by atoms with van der Waals surface area (Å²) in [6.45, 7) is 5.41. The van der Waals surface area contributed by atoms with Gasteiger partial charge in [-0.1, -0.05) is 11.6 Å². The van der Waals surface area contributed by atoms with Gasteiger partial charge in [0, 0.05) is 30.9 Å². The first-order valence-corrected chi connectivity index (χ1v) is 14.7. The van der Waals surface area contributed by atoms with Crippen molar-refractivity contribution in [2.75, 3.05) is 35.6 Å². The van der Waals surface area contributed by atoms with Gasteiger partial charge >= 0.3 is 0 Å². The summed E-state index contributed by atoms with van der Waals surface area (Å²) in [4.78, 5) is 22.7. The Kier molecular flexibility index (Phi) is 6.84. The monoisotopic (exact) mass is 526 g/mol. The van der Waals surface area contributed by atoms with Gasteiger partial charge < -0.3 is 14.9 Å². The lowest BCUT2D eigenvalue weighted by Crippen LogP contribution is -2.39. The number of anilines is 2. The predicted octanol–water partition coefficient (Wildman–Crippen LogP) is 3.05. The molecule has 10 nitrogen and oxygen atoms in total. The van der Waals surface area contributed by atoms with Crippen LogP contribution in [0.1, 0.15) is 65.3 Å². The SMILES string of the molecule is Cc1ccc(NS(C)(=O)=O)c(C(=O)N2CCCCC2c2cc3nc(N4CCCC4CO)c(C)cn3n2)c1. The number of amides is 1. The summed E-state index contributed by atoms with van der Waals surface area (Å²) in [6.07, 6.45) is 7.61. The lowest BCUT2D eigenvalue weighted by atomic mass is 9.97. The highest BCUT2D eigenvalue weighted by Gasteiger charge is 2.33. The molecule has 2 fully saturated rings. The van der Waals surface area contributed by atoms with E-state index in [2.05, 4.69) is 9.62 Å². The summed E-state index contributed by atoms with van der Waals surface area (Å²) in [5.41, 5.74) is 3.94. The van der Waals surface area contributed by atoms with Gasteiger partial charge in [0.15, 0.2) is 5.65 Å². The number of carbonyl (C=O) groups excluding carboxylic acids is 1. The molecule has 2 atom stereocenters. The maximum Gasteiger partial charge on any atom is 0.256 e. The molecule has 2 aromatic heterocycles. The molecule has 1 amide bonds. The Morgan fingerprint density at radius 2 is 1.95 bits per heavy atom. The second kappa shape index (κ2) is 9.94. The Bertz CT molecular complexity index is 1440. The number of nitrogens with zero attached hydrogens (tertiary/aromatic N) is 5. The lowest BCUT2D eigenvalue weighted by molar-refractivity contribution is 0.0606. The van der Waals surface area contributed by atoms with Crippen molar-refractivity contribution in [2.24, 2.45) is 0 Å². The number of aromatic nitrogens is 3. The Morgan fingerprint density at radius 3 is 2.70 bits per heavy atom. The maximum absolute atomic E-state index is 13.8. The van der Waals surface area contributed by atoms with Gasteiger partial charge in [0.05, 0.1) is 41.9 Å². The zero-order chi connectivity index (χ0) is 26.3. The molecule has 37 heavy (non-hydrogen) atoms. The third-order valence-corrected chi connectivity index (χ3v) is 7.88.